The van der Waals surface area contributed by atoms with E-state index < -0.39 is 11.5 Å². The largest absolute Gasteiger partial charge is 0.481 e. The van der Waals surface area contributed by atoms with E-state index in [2.05, 4.69) is 5.32 Å². The molecule has 2 unspecified atom stereocenters. The molecule has 20 heavy (non-hydrogen) atoms. The van der Waals surface area contributed by atoms with E-state index in [0.29, 0.717) is 6.54 Å². The Morgan fingerprint density at radius 2 is 1.85 bits per heavy atom. The average Bonchev–Trinajstić information content (AvgIpc) is 2.87. The van der Waals surface area contributed by atoms with Gasteiger partial charge in [0.25, 0.3) is 0 Å². The van der Waals surface area contributed by atoms with Crippen molar-refractivity contribution in [1.82, 2.24) is 5.32 Å². The highest BCUT2D eigenvalue weighted by Gasteiger charge is 2.39. The van der Waals surface area contributed by atoms with Crippen LogP contribution in [-0.4, -0.2) is 29.1 Å². The Kier molecular flexibility index (Phi) is 5.02. The van der Waals surface area contributed by atoms with Gasteiger partial charge in [0.05, 0.1) is 12.0 Å². The number of rotatable bonds is 5. The SMILES string of the molecule is NCC1CCCC1C(=O)NC1(CC(=O)O)CCCCC1. The Bertz CT molecular complexity index is 364. The molecule has 4 N–H and O–H groups in total. The summed E-state index contributed by atoms with van der Waals surface area (Å²) >= 11 is 0. The molecule has 114 valence electrons. The van der Waals surface area contributed by atoms with E-state index in [1.165, 1.54) is 0 Å². The molecule has 0 radical (unpaired) electrons. The van der Waals surface area contributed by atoms with Crippen LogP contribution in [-0.2, 0) is 9.59 Å². The molecule has 0 bridgehead atoms. The van der Waals surface area contributed by atoms with Crippen molar-refractivity contribution < 1.29 is 14.7 Å². The third-order valence-electron chi connectivity index (χ3n) is 4.99. The summed E-state index contributed by atoms with van der Waals surface area (Å²) in [6, 6.07) is 0. The molecule has 0 spiro atoms. The molecule has 0 aromatic rings. The van der Waals surface area contributed by atoms with E-state index >= 15 is 0 Å². The van der Waals surface area contributed by atoms with Crippen LogP contribution in [0.1, 0.15) is 57.8 Å². The van der Waals surface area contributed by atoms with Crippen molar-refractivity contribution in [3.63, 3.8) is 0 Å². The fourth-order valence-electron chi connectivity index (χ4n) is 3.88. The smallest absolute Gasteiger partial charge is 0.305 e. The van der Waals surface area contributed by atoms with E-state index in [0.717, 1.165) is 51.4 Å². The molecule has 2 aliphatic rings. The van der Waals surface area contributed by atoms with E-state index in [-0.39, 0.29) is 24.2 Å². The first-order chi connectivity index (χ1) is 9.56. The summed E-state index contributed by atoms with van der Waals surface area (Å²) < 4.78 is 0. The van der Waals surface area contributed by atoms with E-state index in [1.54, 1.807) is 0 Å². The molecule has 2 atom stereocenters. The number of aliphatic carboxylic acids is 1. The maximum Gasteiger partial charge on any atom is 0.305 e. The van der Waals surface area contributed by atoms with Crippen LogP contribution in [0.3, 0.4) is 0 Å². The van der Waals surface area contributed by atoms with Crippen LogP contribution >= 0.6 is 0 Å². The predicted octanol–water partition coefficient (Wildman–Crippen LogP) is 1.66. The minimum absolute atomic E-state index is 0.0207. The first kappa shape index (κ1) is 15.3. The van der Waals surface area contributed by atoms with Crippen molar-refractivity contribution in [1.29, 1.82) is 0 Å². The molecule has 2 aliphatic carbocycles. The van der Waals surface area contributed by atoms with Crippen molar-refractivity contribution in [3.8, 4) is 0 Å². The van der Waals surface area contributed by atoms with Crippen molar-refractivity contribution in [3.05, 3.63) is 0 Å². The Morgan fingerprint density at radius 3 is 2.45 bits per heavy atom. The van der Waals surface area contributed by atoms with Crippen LogP contribution < -0.4 is 11.1 Å². The summed E-state index contributed by atoms with van der Waals surface area (Å²) in [5.74, 6) is -0.553. The molecular weight excluding hydrogens is 256 g/mol. The molecule has 1 amide bonds. The zero-order chi connectivity index (χ0) is 14.6. The van der Waals surface area contributed by atoms with Crippen molar-refractivity contribution in [2.45, 2.75) is 63.3 Å². The zero-order valence-electron chi connectivity index (χ0n) is 12.1. The molecule has 0 aromatic heterocycles. The highest BCUT2D eigenvalue weighted by atomic mass is 16.4. The minimum atomic E-state index is -0.825. The van der Waals surface area contributed by atoms with Crippen LogP contribution in [0.25, 0.3) is 0 Å². The number of amides is 1. The number of carboxylic acid groups (broad SMARTS) is 1. The summed E-state index contributed by atoms with van der Waals surface area (Å²) in [5.41, 5.74) is 5.21. The number of hydrogen-bond donors (Lipinski definition) is 3. The first-order valence-electron chi connectivity index (χ1n) is 7.80. The molecule has 2 rings (SSSR count). The van der Waals surface area contributed by atoms with Crippen molar-refractivity contribution in [2.24, 2.45) is 17.6 Å². The number of nitrogens with two attached hydrogens (primary N) is 1. The van der Waals surface area contributed by atoms with Crippen LogP contribution in [0.4, 0.5) is 0 Å². The summed E-state index contributed by atoms with van der Waals surface area (Å²) in [5, 5.41) is 12.2. The molecule has 0 heterocycles. The van der Waals surface area contributed by atoms with Gasteiger partial charge in [-0.2, -0.15) is 0 Å². The lowest BCUT2D eigenvalue weighted by molar-refractivity contribution is -0.140. The van der Waals surface area contributed by atoms with Gasteiger partial charge in [0.1, 0.15) is 0 Å². The quantitative estimate of drug-likeness (QED) is 0.715. The fourth-order valence-corrected chi connectivity index (χ4v) is 3.88. The van der Waals surface area contributed by atoms with Crippen LogP contribution in [0.15, 0.2) is 0 Å². The first-order valence-corrected chi connectivity index (χ1v) is 7.80. The number of carbonyl (C=O) groups excluding carboxylic acids is 1. The number of carbonyl (C=O) groups is 2. The molecule has 5 nitrogen and oxygen atoms in total. The monoisotopic (exact) mass is 282 g/mol. The Morgan fingerprint density at radius 1 is 1.15 bits per heavy atom. The van der Waals surface area contributed by atoms with Gasteiger partial charge in [0.15, 0.2) is 0 Å². The van der Waals surface area contributed by atoms with Crippen molar-refractivity contribution in [2.75, 3.05) is 6.54 Å². The molecule has 2 fully saturated rings. The molecule has 5 heteroatoms. The second kappa shape index (κ2) is 6.57. The maximum atomic E-state index is 12.5. The van der Waals surface area contributed by atoms with Crippen LogP contribution in [0.2, 0.25) is 0 Å². The topological polar surface area (TPSA) is 92.4 Å². The van der Waals surface area contributed by atoms with Gasteiger partial charge in [-0.05, 0) is 38.1 Å². The second-order valence-corrected chi connectivity index (χ2v) is 6.43. The zero-order valence-corrected chi connectivity index (χ0v) is 12.1. The number of carboxylic acids is 1. The van der Waals surface area contributed by atoms with Gasteiger partial charge in [-0.3, -0.25) is 9.59 Å². The fraction of sp³-hybridized carbons (Fsp3) is 0.867. The van der Waals surface area contributed by atoms with Gasteiger partial charge in [0, 0.05) is 5.92 Å². The lowest BCUT2D eigenvalue weighted by Crippen LogP contribution is -2.53. The maximum absolute atomic E-state index is 12.5. The summed E-state index contributed by atoms with van der Waals surface area (Å²) in [6.07, 6.45) is 7.68. The van der Waals surface area contributed by atoms with E-state index in [1.807, 2.05) is 0 Å². The van der Waals surface area contributed by atoms with Gasteiger partial charge in [-0.1, -0.05) is 25.7 Å². The van der Waals surface area contributed by atoms with Gasteiger partial charge in [0.2, 0.25) is 5.91 Å². The summed E-state index contributed by atoms with van der Waals surface area (Å²) in [7, 11) is 0. The second-order valence-electron chi connectivity index (χ2n) is 6.43. The van der Waals surface area contributed by atoms with Crippen LogP contribution in [0, 0.1) is 11.8 Å². The molecule has 0 aromatic carbocycles. The Hall–Kier alpha value is -1.10. The highest BCUT2D eigenvalue weighted by Crippen LogP contribution is 2.35. The van der Waals surface area contributed by atoms with Gasteiger partial charge >= 0.3 is 5.97 Å². The summed E-state index contributed by atoms with van der Waals surface area (Å²) in [4.78, 5) is 23.6. The Balaban J connectivity index is 2.03. The van der Waals surface area contributed by atoms with Crippen molar-refractivity contribution >= 4 is 11.9 Å². The predicted molar refractivity (Wildman–Crippen MR) is 76.1 cm³/mol. The van der Waals surface area contributed by atoms with Gasteiger partial charge in [-0.25, -0.2) is 0 Å². The molecular formula is C15H26N2O3. The number of nitrogens with one attached hydrogen (secondary N) is 1. The molecule has 0 aliphatic heterocycles. The molecule has 2 saturated carbocycles. The highest BCUT2D eigenvalue weighted by molar-refractivity contribution is 5.81. The molecule has 0 saturated heterocycles. The Labute approximate surface area is 120 Å². The van der Waals surface area contributed by atoms with Gasteiger partial charge in [-0.15, -0.1) is 0 Å². The van der Waals surface area contributed by atoms with Gasteiger partial charge < -0.3 is 16.2 Å². The lowest BCUT2D eigenvalue weighted by atomic mass is 9.78. The third kappa shape index (κ3) is 3.51. The standard InChI is InChI=1S/C15H26N2O3/c16-10-11-5-4-6-12(11)14(20)17-15(9-13(18)19)7-2-1-3-8-15/h11-12H,1-10,16H2,(H,17,20)(H,18,19). The number of hydrogen-bond acceptors (Lipinski definition) is 3. The average molecular weight is 282 g/mol. The van der Waals surface area contributed by atoms with E-state index in [9.17, 15) is 9.59 Å². The minimum Gasteiger partial charge on any atom is -0.481 e. The van der Waals surface area contributed by atoms with Crippen LogP contribution in [0.5, 0.6) is 0 Å². The normalized spacial score (nSPS) is 29.1. The third-order valence-corrected chi connectivity index (χ3v) is 4.99. The summed E-state index contributed by atoms with van der Waals surface area (Å²) in [6.45, 7) is 0.546. The van der Waals surface area contributed by atoms with E-state index in [4.69, 9.17) is 10.8 Å². The lowest BCUT2D eigenvalue weighted by Gasteiger charge is -2.38.